The van der Waals surface area contributed by atoms with E-state index < -0.39 is 0 Å². The average molecular weight is 373 g/mol. The van der Waals surface area contributed by atoms with Gasteiger partial charge in [-0.15, -0.1) is 11.3 Å². The standard InChI is InChI=1S/C18H20N4OS2/c1-13-10-21(11-15(23-13)14-6-3-2-4-7-14)12-22-18(24)19-17(20-22)16-8-5-9-25-16/h2-9,13,15H,10-12H2,1H3,(H,19,20,24). The number of ether oxygens (including phenoxy) is 1. The molecule has 0 aliphatic carbocycles. The van der Waals surface area contributed by atoms with Gasteiger partial charge < -0.3 is 4.74 Å². The maximum absolute atomic E-state index is 6.13. The summed E-state index contributed by atoms with van der Waals surface area (Å²) in [5.41, 5.74) is 1.21. The second kappa shape index (κ2) is 7.21. The number of aromatic nitrogens is 3. The molecule has 2 aromatic heterocycles. The predicted molar refractivity (Wildman–Crippen MR) is 102 cm³/mol. The molecule has 1 aromatic carbocycles. The lowest BCUT2D eigenvalue weighted by molar-refractivity contribution is -0.0882. The fourth-order valence-corrected chi connectivity index (χ4v) is 4.04. The van der Waals surface area contributed by atoms with Gasteiger partial charge in [0.1, 0.15) is 0 Å². The van der Waals surface area contributed by atoms with Crippen LogP contribution in [0.3, 0.4) is 0 Å². The number of benzene rings is 1. The Balaban J connectivity index is 1.51. The highest BCUT2D eigenvalue weighted by atomic mass is 32.1. The maximum atomic E-state index is 6.13. The van der Waals surface area contributed by atoms with Crippen LogP contribution in [0.1, 0.15) is 18.6 Å². The van der Waals surface area contributed by atoms with E-state index in [1.165, 1.54) is 5.56 Å². The normalized spacial score (nSPS) is 21.5. The zero-order valence-electron chi connectivity index (χ0n) is 14.0. The Morgan fingerprint density at radius 1 is 1.24 bits per heavy atom. The minimum atomic E-state index is 0.0822. The van der Waals surface area contributed by atoms with E-state index in [2.05, 4.69) is 46.2 Å². The number of hydrogen-bond acceptors (Lipinski definition) is 5. The first kappa shape index (κ1) is 16.7. The Labute approximate surface area is 155 Å². The van der Waals surface area contributed by atoms with Gasteiger partial charge in [-0.3, -0.25) is 10.00 Å². The highest BCUT2D eigenvalue weighted by molar-refractivity contribution is 7.71. The van der Waals surface area contributed by atoms with E-state index in [0.717, 1.165) is 23.8 Å². The second-order valence-corrected chi connectivity index (χ2v) is 7.60. The molecule has 4 rings (SSSR count). The van der Waals surface area contributed by atoms with Crippen LogP contribution in [0.4, 0.5) is 0 Å². The molecule has 5 nitrogen and oxygen atoms in total. The summed E-state index contributed by atoms with van der Waals surface area (Å²) in [6.07, 6.45) is 0.256. The van der Waals surface area contributed by atoms with E-state index in [1.807, 2.05) is 28.3 Å². The largest absolute Gasteiger partial charge is 0.368 e. The minimum absolute atomic E-state index is 0.0822. The smallest absolute Gasteiger partial charge is 0.217 e. The van der Waals surface area contributed by atoms with E-state index in [9.17, 15) is 0 Å². The molecule has 25 heavy (non-hydrogen) atoms. The van der Waals surface area contributed by atoms with Gasteiger partial charge in [-0.05, 0) is 36.2 Å². The van der Waals surface area contributed by atoms with Crippen LogP contribution in [-0.2, 0) is 11.4 Å². The molecule has 0 saturated carbocycles. The predicted octanol–water partition coefficient (Wildman–Crippen LogP) is 4.09. The highest BCUT2D eigenvalue weighted by Gasteiger charge is 2.26. The highest BCUT2D eigenvalue weighted by Crippen LogP contribution is 2.26. The molecule has 1 aliphatic rings. The van der Waals surface area contributed by atoms with Gasteiger partial charge in [0.15, 0.2) is 5.82 Å². The van der Waals surface area contributed by atoms with E-state index in [-0.39, 0.29) is 12.2 Å². The van der Waals surface area contributed by atoms with Crippen LogP contribution in [0, 0.1) is 4.77 Å². The van der Waals surface area contributed by atoms with Gasteiger partial charge >= 0.3 is 0 Å². The summed E-state index contributed by atoms with van der Waals surface area (Å²) in [4.78, 5) is 7.95. The SMILES string of the molecule is CC1CN(Cn2[nH]c(-c3cccs3)nc2=S)CC(c2ccccc2)O1. The molecule has 2 atom stereocenters. The number of nitrogens with zero attached hydrogens (tertiary/aromatic N) is 3. The fourth-order valence-electron chi connectivity index (χ4n) is 3.18. The molecule has 2 unspecified atom stereocenters. The van der Waals surface area contributed by atoms with Crippen LogP contribution in [0.2, 0.25) is 0 Å². The molecular formula is C18H20N4OS2. The van der Waals surface area contributed by atoms with Crippen molar-refractivity contribution in [3.05, 3.63) is 58.2 Å². The molecule has 1 fully saturated rings. The molecule has 0 amide bonds. The summed E-state index contributed by atoms with van der Waals surface area (Å²) in [7, 11) is 0. The summed E-state index contributed by atoms with van der Waals surface area (Å²) >= 11 is 7.09. The number of hydrogen-bond donors (Lipinski definition) is 1. The Morgan fingerprint density at radius 2 is 2.08 bits per heavy atom. The molecule has 7 heteroatoms. The molecule has 0 spiro atoms. The van der Waals surface area contributed by atoms with Crippen molar-refractivity contribution in [1.82, 2.24) is 19.7 Å². The van der Waals surface area contributed by atoms with Crippen molar-refractivity contribution in [2.24, 2.45) is 0 Å². The Hall–Kier alpha value is -1.80. The molecule has 1 aliphatic heterocycles. The van der Waals surface area contributed by atoms with Crippen molar-refractivity contribution in [2.45, 2.75) is 25.8 Å². The van der Waals surface area contributed by atoms with Crippen molar-refractivity contribution in [2.75, 3.05) is 13.1 Å². The molecule has 0 bridgehead atoms. The number of rotatable bonds is 4. The fraction of sp³-hybridized carbons (Fsp3) is 0.333. The molecular weight excluding hydrogens is 352 g/mol. The summed E-state index contributed by atoms with van der Waals surface area (Å²) in [6, 6.07) is 14.5. The Kier molecular flexibility index (Phi) is 4.80. The molecule has 1 saturated heterocycles. The Morgan fingerprint density at radius 3 is 2.84 bits per heavy atom. The minimum Gasteiger partial charge on any atom is -0.368 e. The van der Waals surface area contributed by atoms with E-state index in [4.69, 9.17) is 17.0 Å². The second-order valence-electron chi connectivity index (χ2n) is 6.28. The third-order valence-electron chi connectivity index (χ3n) is 4.28. The van der Waals surface area contributed by atoms with Crippen LogP contribution in [0.25, 0.3) is 10.7 Å². The van der Waals surface area contributed by atoms with E-state index >= 15 is 0 Å². The van der Waals surface area contributed by atoms with Crippen LogP contribution in [-0.4, -0.2) is 38.9 Å². The lowest BCUT2D eigenvalue weighted by Crippen LogP contribution is -2.43. The van der Waals surface area contributed by atoms with Gasteiger partial charge in [-0.25, -0.2) is 4.68 Å². The van der Waals surface area contributed by atoms with Crippen LogP contribution < -0.4 is 0 Å². The zero-order valence-corrected chi connectivity index (χ0v) is 15.6. The summed E-state index contributed by atoms with van der Waals surface area (Å²) in [5, 5.41) is 5.37. The van der Waals surface area contributed by atoms with Gasteiger partial charge in [0.25, 0.3) is 0 Å². The van der Waals surface area contributed by atoms with Crippen molar-refractivity contribution in [3.63, 3.8) is 0 Å². The molecule has 1 N–H and O–H groups in total. The first-order valence-corrected chi connectivity index (χ1v) is 9.61. The average Bonchev–Trinajstić information content (AvgIpc) is 3.26. The lowest BCUT2D eigenvalue weighted by atomic mass is 10.1. The first-order chi connectivity index (χ1) is 12.2. The zero-order chi connectivity index (χ0) is 17.2. The van der Waals surface area contributed by atoms with Gasteiger partial charge in [0.05, 0.1) is 23.8 Å². The Bertz CT molecular complexity index is 872. The quantitative estimate of drug-likeness (QED) is 0.701. The number of aromatic amines is 1. The topological polar surface area (TPSA) is 46.1 Å². The molecule has 3 aromatic rings. The third-order valence-corrected chi connectivity index (χ3v) is 5.47. The molecule has 3 heterocycles. The van der Waals surface area contributed by atoms with Crippen molar-refractivity contribution >= 4 is 23.6 Å². The van der Waals surface area contributed by atoms with Gasteiger partial charge in [-0.2, -0.15) is 4.98 Å². The van der Waals surface area contributed by atoms with Crippen molar-refractivity contribution < 1.29 is 4.74 Å². The summed E-state index contributed by atoms with van der Waals surface area (Å²) in [5.74, 6) is 0.834. The van der Waals surface area contributed by atoms with Crippen LogP contribution >= 0.6 is 23.6 Å². The van der Waals surface area contributed by atoms with E-state index in [0.29, 0.717) is 11.4 Å². The van der Waals surface area contributed by atoms with E-state index in [1.54, 1.807) is 11.3 Å². The lowest BCUT2D eigenvalue weighted by Gasteiger charge is -2.36. The van der Waals surface area contributed by atoms with Gasteiger partial charge in [-0.1, -0.05) is 36.4 Å². The summed E-state index contributed by atoms with van der Waals surface area (Å²) < 4.78 is 8.65. The summed E-state index contributed by atoms with van der Waals surface area (Å²) in [6.45, 7) is 4.52. The van der Waals surface area contributed by atoms with Crippen LogP contribution in [0.5, 0.6) is 0 Å². The number of morpholine rings is 1. The first-order valence-electron chi connectivity index (χ1n) is 8.32. The maximum Gasteiger partial charge on any atom is 0.217 e. The number of thiophene rings is 1. The molecule has 0 radical (unpaired) electrons. The number of nitrogens with one attached hydrogen (secondary N) is 1. The van der Waals surface area contributed by atoms with Crippen molar-refractivity contribution in [3.8, 4) is 10.7 Å². The molecule has 130 valence electrons. The van der Waals surface area contributed by atoms with Crippen molar-refractivity contribution in [1.29, 1.82) is 0 Å². The third kappa shape index (κ3) is 3.74. The van der Waals surface area contributed by atoms with Gasteiger partial charge in [0, 0.05) is 13.1 Å². The monoisotopic (exact) mass is 372 g/mol. The van der Waals surface area contributed by atoms with Crippen LogP contribution in [0.15, 0.2) is 47.8 Å². The number of H-pyrrole nitrogens is 1. The van der Waals surface area contributed by atoms with Gasteiger partial charge in [0.2, 0.25) is 4.77 Å².